The van der Waals surface area contributed by atoms with E-state index < -0.39 is 0 Å². The van der Waals surface area contributed by atoms with Crippen LogP contribution in [0.2, 0.25) is 0 Å². The van der Waals surface area contributed by atoms with E-state index in [-0.39, 0.29) is 24.9 Å². The first-order chi connectivity index (χ1) is 15.8. The number of amides is 1. The van der Waals surface area contributed by atoms with Crippen LogP contribution in [0.3, 0.4) is 0 Å². The molecule has 1 amide bonds. The molecule has 168 valence electrons. The Bertz CT molecular complexity index is 1010. The number of anilines is 2. The van der Waals surface area contributed by atoms with Gasteiger partial charge in [-0.1, -0.05) is 97.1 Å². The van der Waals surface area contributed by atoms with Crippen LogP contribution >= 0.6 is 12.4 Å². The predicted molar refractivity (Wildman–Crippen MR) is 139 cm³/mol. The average Bonchev–Trinajstić information content (AvgIpc) is 2.87. The van der Waals surface area contributed by atoms with E-state index in [9.17, 15) is 4.79 Å². The standard InChI is InChI=1S/C29H28N2O.ClH/c32-29(31(26-17-9-3-10-18-26)27-19-11-4-12-20-27)23-30-22-21-28(24-13-5-1-6-14-24)25-15-7-2-8-16-25;/h1-20,28,30H,21-23H2;1H. The summed E-state index contributed by atoms with van der Waals surface area (Å²) in [5, 5.41) is 3.38. The Morgan fingerprint density at radius 2 is 1.03 bits per heavy atom. The van der Waals surface area contributed by atoms with Crippen molar-refractivity contribution in [3.8, 4) is 0 Å². The highest BCUT2D eigenvalue weighted by atomic mass is 35.5. The van der Waals surface area contributed by atoms with Crippen molar-refractivity contribution in [3.05, 3.63) is 132 Å². The maximum absolute atomic E-state index is 13.2. The van der Waals surface area contributed by atoms with E-state index in [2.05, 4.69) is 53.8 Å². The smallest absolute Gasteiger partial charge is 0.245 e. The number of carbonyl (C=O) groups excluding carboxylic acids is 1. The van der Waals surface area contributed by atoms with Gasteiger partial charge in [0.25, 0.3) is 0 Å². The molecule has 1 N–H and O–H groups in total. The molecule has 0 spiro atoms. The summed E-state index contributed by atoms with van der Waals surface area (Å²) < 4.78 is 0. The summed E-state index contributed by atoms with van der Waals surface area (Å²) >= 11 is 0. The molecular weight excluding hydrogens is 428 g/mol. The molecule has 0 radical (unpaired) electrons. The summed E-state index contributed by atoms with van der Waals surface area (Å²) in [5.41, 5.74) is 4.33. The minimum absolute atomic E-state index is 0. The highest BCUT2D eigenvalue weighted by molar-refractivity contribution is 6.01. The van der Waals surface area contributed by atoms with Gasteiger partial charge in [-0.05, 0) is 48.4 Å². The quantitative estimate of drug-likeness (QED) is 0.288. The van der Waals surface area contributed by atoms with Gasteiger partial charge in [0.2, 0.25) is 5.91 Å². The van der Waals surface area contributed by atoms with Crippen LogP contribution in [-0.2, 0) is 4.79 Å². The molecule has 0 unspecified atom stereocenters. The lowest BCUT2D eigenvalue weighted by Gasteiger charge is -2.24. The maximum Gasteiger partial charge on any atom is 0.245 e. The van der Waals surface area contributed by atoms with Crippen LogP contribution in [0.15, 0.2) is 121 Å². The summed E-state index contributed by atoms with van der Waals surface area (Å²) in [4.78, 5) is 15.0. The molecular formula is C29H29ClN2O. The van der Waals surface area contributed by atoms with Gasteiger partial charge in [-0.25, -0.2) is 0 Å². The Labute approximate surface area is 202 Å². The maximum atomic E-state index is 13.2. The van der Waals surface area contributed by atoms with Crippen molar-refractivity contribution in [2.75, 3.05) is 18.0 Å². The molecule has 0 aliphatic carbocycles. The van der Waals surface area contributed by atoms with E-state index >= 15 is 0 Å². The third-order valence-electron chi connectivity index (χ3n) is 5.57. The van der Waals surface area contributed by atoms with Crippen LogP contribution in [0, 0.1) is 0 Å². The number of halogens is 1. The van der Waals surface area contributed by atoms with Crippen molar-refractivity contribution < 1.29 is 4.79 Å². The van der Waals surface area contributed by atoms with Gasteiger partial charge in [0.05, 0.1) is 6.54 Å². The van der Waals surface area contributed by atoms with Crippen LogP contribution in [0.25, 0.3) is 0 Å². The molecule has 0 heterocycles. The topological polar surface area (TPSA) is 32.3 Å². The lowest BCUT2D eigenvalue weighted by Crippen LogP contribution is -2.35. The van der Waals surface area contributed by atoms with Crippen molar-refractivity contribution in [1.29, 1.82) is 0 Å². The van der Waals surface area contributed by atoms with Gasteiger partial charge in [0, 0.05) is 17.3 Å². The highest BCUT2D eigenvalue weighted by Crippen LogP contribution is 2.28. The van der Waals surface area contributed by atoms with E-state index in [1.807, 2.05) is 72.8 Å². The Morgan fingerprint density at radius 3 is 1.45 bits per heavy atom. The second-order valence-electron chi connectivity index (χ2n) is 7.74. The number of rotatable bonds is 9. The van der Waals surface area contributed by atoms with Crippen LogP contribution in [0.1, 0.15) is 23.5 Å². The first-order valence-corrected chi connectivity index (χ1v) is 11.1. The van der Waals surface area contributed by atoms with Gasteiger partial charge in [-0.3, -0.25) is 9.69 Å². The van der Waals surface area contributed by atoms with Gasteiger partial charge in [-0.2, -0.15) is 0 Å². The van der Waals surface area contributed by atoms with Crippen molar-refractivity contribution in [2.45, 2.75) is 12.3 Å². The second-order valence-corrected chi connectivity index (χ2v) is 7.74. The molecule has 4 heteroatoms. The molecule has 4 aromatic rings. The van der Waals surface area contributed by atoms with Crippen LogP contribution < -0.4 is 10.2 Å². The van der Waals surface area contributed by atoms with Gasteiger partial charge < -0.3 is 5.32 Å². The van der Waals surface area contributed by atoms with Gasteiger partial charge >= 0.3 is 0 Å². The molecule has 0 aromatic heterocycles. The average molecular weight is 457 g/mol. The lowest BCUT2D eigenvalue weighted by atomic mass is 9.88. The predicted octanol–water partition coefficient (Wildman–Crippen LogP) is 6.58. The van der Waals surface area contributed by atoms with E-state index in [0.717, 1.165) is 24.3 Å². The second kappa shape index (κ2) is 12.6. The van der Waals surface area contributed by atoms with Crippen LogP contribution in [0.5, 0.6) is 0 Å². The summed E-state index contributed by atoms with van der Waals surface area (Å²) in [6, 6.07) is 40.7. The molecule has 0 aliphatic rings. The lowest BCUT2D eigenvalue weighted by molar-refractivity contribution is -0.117. The molecule has 0 saturated heterocycles. The largest absolute Gasteiger partial charge is 0.308 e. The normalized spacial score (nSPS) is 10.5. The van der Waals surface area contributed by atoms with Crippen molar-refractivity contribution in [1.82, 2.24) is 5.32 Å². The monoisotopic (exact) mass is 456 g/mol. The van der Waals surface area contributed by atoms with Crippen LogP contribution in [0.4, 0.5) is 11.4 Å². The zero-order valence-corrected chi connectivity index (χ0v) is 19.3. The number of hydrogen-bond donors (Lipinski definition) is 1. The molecule has 0 aliphatic heterocycles. The molecule has 3 nitrogen and oxygen atoms in total. The van der Waals surface area contributed by atoms with E-state index in [1.54, 1.807) is 4.90 Å². The zero-order valence-electron chi connectivity index (χ0n) is 18.5. The Hall–Kier alpha value is -3.40. The molecule has 0 saturated carbocycles. The number of nitrogens with one attached hydrogen (secondary N) is 1. The Morgan fingerprint density at radius 1 is 0.636 bits per heavy atom. The molecule has 0 atom stereocenters. The third-order valence-corrected chi connectivity index (χ3v) is 5.57. The van der Waals surface area contributed by atoms with Crippen molar-refractivity contribution in [3.63, 3.8) is 0 Å². The highest BCUT2D eigenvalue weighted by Gasteiger charge is 2.18. The summed E-state index contributed by atoms with van der Waals surface area (Å²) in [6.07, 6.45) is 0.915. The first-order valence-electron chi connectivity index (χ1n) is 11.1. The first kappa shape index (κ1) is 24.2. The molecule has 33 heavy (non-hydrogen) atoms. The molecule has 0 bridgehead atoms. The number of nitrogens with zero attached hydrogens (tertiary/aromatic N) is 1. The minimum Gasteiger partial charge on any atom is -0.308 e. The zero-order chi connectivity index (χ0) is 22.0. The number of para-hydroxylation sites is 2. The van der Waals surface area contributed by atoms with Gasteiger partial charge in [0.15, 0.2) is 0 Å². The number of hydrogen-bond acceptors (Lipinski definition) is 2. The number of carbonyl (C=O) groups is 1. The van der Waals surface area contributed by atoms with Crippen molar-refractivity contribution >= 4 is 29.7 Å². The van der Waals surface area contributed by atoms with E-state index in [1.165, 1.54) is 11.1 Å². The molecule has 4 aromatic carbocycles. The van der Waals surface area contributed by atoms with Crippen LogP contribution in [-0.4, -0.2) is 19.0 Å². The molecule has 0 fully saturated rings. The Balaban J connectivity index is 0.00000306. The fourth-order valence-corrected chi connectivity index (χ4v) is 4.01. The van der Waals surface area contributed by atoms with E-state index in [0.29, 0.717) is 5.92 Å². The van der Waals surface area contributed by atoms with E-state index in [4.69, 9.17) is 0 Å². The fourth-order valence-electron chi connectivity index (χ4n) is 4.01. The SMILES string of the molecule is Cl.O=C(CNCCC(c1ccccc1)c1ccccc1)N(c1ccccc1)c1ccccc1. The third kappa shape index (κ3) is 6.55. The van der Waals surface area contributed by atoms with Crippen molar-refractivity contribution in [2.24, 2.45) is 0 Å². The number of benzene rings is 4. The summed E-state index contributed by atoms with van der Waals surface area (Å²) in [5.74, 6) is 0.317. The minimum atomic E-state index is 0. The Kier molecular flexibility index (Phi) is 9.25. The van der Waals surface area contributed by atoms with Gasteiger partial charge in [0.1, 0.15) is 0 Å². The molecule has 4 rings (SSSR count). The fraction of sp³-hybridized carbons (Fsp3) is 0.138. The van der Waals surface area contributed by atoms with Gasteiger partial charge in [-0.15, -0.1) is 12.4 Å². The summed E-state index contributed by atoms with van der Waals surface area (Å²) in [7, 11) is 0. The summed E-state index contributed by atoms with van der Waals surface area (Å²) in [6.45, 7) is 1.03.